The number of hydrogen-bond donors (Lipinski definition) is 0. The third kappa shape index (κ3) is 3.99. The van der Waals surface area contributed by atoms with Crippen LogP contribution in [0.3, 0.4) is 0 Å². The monoisotopic (exact) mass is 380 g/mol. The average Bonchev–Trinajstić information content (AvgIpc) is 2.95. The lowest BCUT2D eigenvalue weighted by molar-refractivity contribution is -0.160. The number of carbonyl (C=O) groups is 3. The third-order valence-corrected chi connectivity index (χ3v) is 5.28. The second-order valence-corrected chi connectivity index (χ2v) is 7.76. The van der Waals surface area contributed by atoms with Crippen molar-refractivity contribution >= 4 is 17.8 Å². The summed E-state index contributed by atoms with van der Waals surface area (Å²) in [6.45, 7) is 3.92. The Hall–Kier alpha value is -2.94. The van der Waals surface area contributed by atoms with E-state index in [9.17, 15) is 14.4 Å². The van der Waals surface area contributed by atoms with Gasteiger partial charge in [0.25, 0.3) is 0 Å². The SMILES string of the molecule is CC(C)CC(C(=O)OCc1ccc(C#N)cc1)N1C(=O)C2CC=CCC2C1=O. The zero-order valence-corrected chi connectivity index (χ0v) is 16.1. The zero-order chi connectivity index (χ0) is 20.3. The summed E-state index contributed by atoms with van der Waals surface area (Å²) in [7, 11) is 0. The smallest absolute Gasteiger partial charge is 0.329 e. The Labute approximate surface area is 164 Å². The first-order chi connectivity index (χ1) is 13.4. The van der Waals surface area contributed by atoms with Crippen LogP contribution in [0.5, 0.6) is 0 Å². The van der Waals surface area contributed by atoms with Gasteiger partial charge < -0.3 is 4.74 Å². The Bertz CT molecular complexity index is 809. The van der Waals surface area contributed by atoms with Crippen LogP contribution in [0.2, 0.25) is 0 Å². The van der Waals surface area contributed by atoms with E-state index in [0.29, 0.717) is 24.8 Å². The van der Waals surface area contributed by atoms with Gasteiger partial charge in [0.15, 0.2) is 0 Å². The van der Waals surface area contributed by atoms with Crippen molar-refractivity contribution in [2.24, 2.45) is 17.8 Å². The van der Waals surface area contributed by atoms with Gasteiger partial charge in [0.1, 0.15) is 12.6 Å². The van der Waals surface area contributed by atoms with E-state index >= 15 is 0 Å². The molecule has 0 saturated carbocycles. The molecule has 1 aliphatic carbocycles. The number of nitriles is 1. The summed E-state index contributed by atoms with van der Waals surface area (Å²) in [5.41, 5.74) is 1.27. The normalized spacial score (nSPS) is 22.1. The fourth-order valence-electron chi connectivity index (χ4n) is 3.81. The number of amides is 2. The van der Waals surface area contributed by atoms with Crippen LogP contribution in [0.4, 0.5) is 0 Å². The first kappa shape index (κ1) is 19.8. The fourth-order valence-corrected chi connectivity index (χ4v) is 3.81. The van der Waals surface area contributed by atoms with E-state index in [1.807, 2.05) is 32.1 Å². The molecule has 6 heteroatoms. The molecule has 146 valence electrons. The van der Waals surface area contributed by atoms with Crippen LogP contribution < -0.4 is 0 Å². The number of carbonyl (C=O) groups excluding carboxylic acids is 3. The molecular weight excluding hydrogens is 356 g/mol. The highest BCUT2D eigenvalue weighted by atomic mass is 16.5. The van der Waals surface area contributed by atoms with Gasteiger partial charge in [0, 0.05) is 0 Å². The summed E-state index contributed by atoms with van der Waals surface area (Å²) < 4.78 is 5.44. The molecule has 0 aromatic heterocycles. The number of allylic oxidation sites excluding steroid dienone is 2. The second-order valence-electron chi connectivity index (χ2n) is 7.76. The first-order valence-electron chi connectivity index (χ1n) is 9.60. The number of imide groups is 1. The van der Waals surface area contributed by atoms with Gasteiger partial charge in [0.05, 0.1) is 23.5 Å². The summed E-state index contributed by atoms with van der Waals surface area (Å²) in [4.78, 5) is 39.7. The molecule has 3 atom stereocenters. The summed E-state index contributed by atoms with van der Waals surface area (Å²) >= 11 is 0. The lowest BCUT2D eigenvalue weighted by Crippen LogP contribution is -2.47. The number of nitrogens with zero attached hydrogens (tertiary/aromatic N) is 2. The van der Waals surface area contributed by atoms with Crippen LogP contribution in [0.25, 0.3) is 0 Å². The Morgan fingerprint density at radius 3 is 2.21 bits per heavy atom. The number of esters is 1. The molecule has 2 aliphatic rings. The highest BCUT2D eigenvalue weighted by Gasteiger charge is 2.51. The molecule has 3 rings (SSSR count). The molecule has 2 amide bonds. The van der Waals surface area contributed by atoms with Gasteiger partial charge in [-0.3, -0.25) is 14.5 Å². The molecule has 0 N–H and O–H groups in total. The van der Waals surface area contributed by atoms with Crippen molar-refractivity contribution in [3.63, 3.8) is 0 Å². The van der Waals surface area contributed by atoms with Crippen LogP contribution in [-0.2, 0) is 25.7 Å². The van der Waals surface area contributed by atoms with Crippen LogP contribution in [0.1, 0.15) is 44.2 Å². The Kier molecular flexibility index (Phi) is 5.93. The van der Waals surface area contributed by atoms with Gasteiger partial charge in [-0.25, -0.2) is 4.79 Å². The Morgan fingerprint density at radius 2 is 1.71 bits per heavy atom. The standard InChI is InChI=1S/C22H24N2O4/c1-14(2)11-19(22(27)28-13-16-9-7-15(12-23)8-10-16)24-20(25)17-5-3-4-6-18(17)21(24)26/h3-4,7-10,14,17-19H,5-6,11,13H2,1-2H3. The molecule has 1 saturated heterocycles. The van der Waals surface area contributed by atoms with Crippen LogP contribution in [0, 0.1) is 29.1 Å². The summed E-state index contributed by atoms with van der Waals surface area (Å²) in [6.07, 6.45) is 5.31. The summed E-state index contributed by atoms with van der Waals surface area (Å²) in [5.74, 6) is -1.70. The number of likely N-dealkylation sites (tertiary alicyclic amines) is 1. The Morgan fingerprint density at radius 1 is 1.14 bits per heavy atom. The van der Waals surface area contributed by atoms with Crippen molar-refractivity contribution in [1.29, 1.82) is 5.26 Å². The van der Waals surface area contributed by atoms with Gasteiger partial charge in [-0.05, 0) is 42.9 Å². The van der Waals surface area contributed by atoms with Gasteiger partial charge in [-0.15, -0.1) is 0 Å². The average molecular weight is 380 g/mol. The molecule has 0 spiro atoms. The van der Waals surface area contributed by atoms with Crippen molar-refractivity contribution in [2.45, 2.75) is 45.8 Å². The van der Waals surface area contributed by atoms with Gasteiger partial charge >= 0.3 is 5.97 Å². The summed E-state index contributed by atoms with van der Waals surface area (Å²) in [6, 6.07) is 7.88. The van der Waals surface area contributed by atoms with E-state index < -0.39 is 12.0 Å². The molecular formula is C22H24N2O4. The van der Waals surface area contributed by atoms with Crippen LogP contribution in [0.15, 0.2) is 36.4 Å². The number of fused-ring (bicyclic) bond motifs is 1. The minimum Gasteiger partial charge on any atom is -0.459 e. The van der Waals surface area contributed by atoms with E-state index in [1.54, 1.807) is 24.3 Å². The van der Waals surface area contributed by atoms with Crippen molar-refractivity contribution in [1.82, 2.24) is 4.90 Å². The highest BCUT2D eigenvalue weighted by Crippen LogP contribution is 2.37. The van der Waals surface area contributed by atoms with E-state index in [0.717, 1.165) is 10.5 Å². The third-order valence-electron chi connectivity index (χ3n) is 5.28. The van der Waals surface area contributed by atoms with Gasteiger partial charge in [0.2, 0.25) is 11.8 Å². The topological polar surface area (TPSA) is 87.5 Å². The fraction of sp³-hybridized carbons (Fsp3) is 0.455. The van der Waals surface area contributed by atoms with Crippen molar-refractivity contribution < 1.29 is 19.1 Å². The molecule has 28 heavy (non-hydrogen) atoms. The zero-order valence-electron chi connectivity index (χ0n) is 16.1. The lowest BCUT2D eigenvalue weighted by Gasteiger charge is -2.26. The molecule has 1 heterocycles. The van der Waals surface area contributed by atoms with E-state index in [4.69, 9.17) is 10.00 Å². The van der Waals surface area contributed by atoms with E-state index in [-0.39, 0.29) is 36.2 Å². The molecule has 1 aromatic rings. The van der Waals surface area contributed by atoms with Crippen molar-refractivity contribution in [3.05, 3.63) is 47.5 Å². The number of benzene rings is 1. The largest absolute Gasteiger partial charge is 0.459 e. The van der Waals surface area contributed by atoms with Gasteiger partial charge in [-0.1, -0.05) is 38.1 Å². The molecule has 1 aliphatic heterocycles. The molecule has 0 radical (unpaired) electrons. The maximum Gasteiger partial charge on any atom is 0.329 e. The molecule has 0 bridgehead atoms. The maximum absolute atomic E-state index is 12.9. The maximum atomic E-state index is 12.9. The highest BCUT2D eigenvalue weighted by molar-refractivity contribution is 6.08. The summed E-state index contributed by atoms with van der Waals surface area (Å²) in [5, 5.41) is 8.85. The number of rotatable bonds is 6. The molecule has 1 fully saturated rings. The molecule has 1 aromatic carbocycles. The van der Waals surface area contributed by atoms with Gasteiger partial charge in [-0.2, -0.15) is 5.26 Å². The van der Waals surface area contributed by atoms with Crippen LogP contribution in [-0.4, -0.2) is 28.7 Å². The minimum absolute atomic E-state index is 0.0315. The predicted molar refractivity (Wildman–Crippen MR) is 101 cm³/mol. The lowest BCUT2D eigenvalue weighted by atomic mass is 9.85. The van der Waals surface area contributed by atoms with Crippen molar-refractivity contribution in [2.75, 3.05) is 0 Å². The molecule has 6 nitrogen and oxygen atoms in total. The predicted octanol–water partition coefficient (Wildman–Crippen LogP) is 2.97. The van der Waals surface area contributed by atoms with Crippen molar-refractivity contribution in [3.8, 4) is 6.07 Å². The van der Waals surface area contributed by atoms with Crippen LogP contribution >= 0.6 is 0 Å². The Balaban J connectivity index is 1.74. The second kappa shape index (κ2) is 8.39. The quantitative estimate of drug-likeness (QED) is 0.430. The van der Waals surface area contributed by atoms with E-state index in [2.05, 4.69) is 0 Å². The number of ether oxygens (including phenoxy) is 1. The number of hydrogen-bond acceptors (Lipinski definition) is 5. The first-order valence-corrected chi connectivity index (χ1v) is 9.60. The minimum atomic E-state index is -0.899. The van der Waals surface area contributed by atoms with E-state index in [1.165, 1.54) is 0 Å². The molecule has 3 unspecified atom stereocenters.